The first-order valence-electron chi connectivity index (χ1n) is 2.81. The summed E-state index contributed by atoms with van der Waals surface area (Å²) in [6, 6.07) is 0. The molecule has 4 heteroatoms. The lowest BCUT2D eigenvalue weighted by molar-refractivity contribution is 0.231. The molecule has 0 bridgehead atoms. The highest BCUT2D eigenvalue weighted by Crippen LogP contribution is 2.44. The van der Waals surface area contributed by atoms with E-state index in [1.807, 2.05) is 6.92 Å². The van der Waals surface area contributed by atoms with Crippen molar-refractivity contribution in [2.45, 2.75) is 6.92 Å². The molecule has 0 saturated carbocycles. The summed E-state index contributed by atoms with van der Waals surface area (Å²) in [7, 11) is 0.560. The van der Waals surface area contributed by atoms with Crippen molar-refractivity contribution in [3.05, 3.63) is 0 Å². The van der Waals surface area contributed by atoms with E-state index in [0.717, 1.165) is 0 Å². The molecular formula is C5H13O3P. The minimum absolute atomic E-state index is 0.222. The lowest BCUT2D eigenvalue weighted by Crippen LogP contribution is -1.96. The highest BCUT2D eigenvalue weighted by Gasteiger charge is 2.17. The number of methoxy groups -OCH3 is 1. The van der Waals surface area contributed by atoms with Crippen molar-refractivity contribution in [2.24, 2.45) is 0 Å². The molecular weight excluding hydrogens is 139 g/mol. The number of ether oxygens (including phenoxy) is 1. The van der Waals surface area contributed by atoms with Gasteiger partial charge in [0.2, 0.25) is 7.37 Å². The third kappa shape index (κ3) is 2.99. The van der Waals surface area contributed by atoms with Crippen LogP contribution < -0.4 is 0 Å². The van der Waals surface area contributed by atoms with Gasteiger partial charge < -0.3 is 9.26 Å². The second-order valence-corrected chi connectivity index (χ2v) is 4.62. The summed E-state index contributed by atoms with van der Waals surface area (Å²) in [5.74, 6) is 0. The van der Waals surface area contributed by atoms with Crippen LogP contribution in [0.1, 0.15) is 6.92 Å². The standard InChI is InChI=1S/C5H13O3P/c1-4-9(6,8-3)5-7-2/h4-5H2,1-3H3. The third-order valence-corrected chi connectivity index (χ3v) is 3.42. The molecule has 0 spiro atoms. The van der Waals surface area contributed by atoms with E-state index in [1.165, 1.54) is 14.2 Å². The van der Waals surface area contributed by atoms with E-state index in [4.69, 9.17) is 9.26 Å². The van der Waals surface area contributed by atoms with Crippen LogP contribution in [0.2, 0.25) is 0 Å². The van der Waals surface area contributed by atoms with E-state index < -0.39 is 7.37 Å². The first-order chi connectivity index (χ1) is 4.18. The van der Waals surface area contributed by atoms with Crippen LogP contribution >= 0.6 is 7.37 Å². The lowest BCUT2D eigenvalue weighted by atomic mass is 11.0. The molecule has 56 valence electrons. The molecule has 0 aliphatic heterocycles. The third-order valence-electron chi connectivity index (χ3n) is 1.14. The zero-order chi connectivity index (χ0) is 7.33. The van der Waals surface area contributed by atoms with E-state index >= 15 is 0 Å². The van der Waals surface area contributed by atoms with Gasteiger partial charge in [0.05, 0.1) is 0 Å². The Morgan fingerprint density at radius 1 is 1.44 bits per heavy atom. The molecule has 0 aliphatic rings. The van der Waals surface area contributed by atoms with Crippen LogP contribution in [0.15, 0.2) is 0 Å². The van der Waals surface area contributed by atoms with Crippen molar-refractivity contribution < 1.29 is 13.8 Å². The maximum absolute atomic E-state index is 11.2. The van der Waals surface area contributed by atoms with Crippen LogP contribution in [0.3, 0.4) is 0 Å². The van der Waals surface area contributed by atoms with Gasteiger partial charge in [-0.15, -0.1) is 0 Å². The van der Waals surface area contributed by atoms with Crippen LogP contribution in [-0.4, -0.2) is 26.7 Å². The summed E-state index contributed by atoms with van der Waals surface area (Å²) in [6.07, 6.45) is 0.761. The predicted octanol–water partition coefficient (Wildman–Crippen LogP) is 1.53. The summed E-state index contributed by atoms with van der Waals surface area (Å²) in [5.41, 5.74) is 0. The van der Waals surface area contributed by atoms with Gasteiger partial charge in [-0.1, -0.05) is 6.92 Å². The molecule has 9 heavy (non-hydrogen) atoms. The van der Waals surface area contributed by atoms with Crippen LogP contribution in [0.5, 0.6) is 0 Å². The molecule has 0 fully saturated rings. The summed E-state index contributed by atoms with van der Waals surface area (Å²) in [5, 5.41) is 0. The second-order valence-electron chi connectivity index (χ2n) is 1.73. The van der Waals surface area contributed by atoms with Gasteiger partial charge in [0.15, 0.2) is 0 Å². The Bertz CT molecular complexity index is 105. The van der Waals surface area contributed by atoms with E-state index in [9.17, 15) is 4.57 Å². The predicted molar refractivity (Wildman–Crippen MR) is 37.0 cm³/mol. The fourth-order valence-corrected chi connectivity index (χ4v) is 1.41. The average Bonchev–Trinajstić information content (AvgIpc) is 1.89. The van der Waals surface area contributed by atoms with Gasteiger partial charge in [-0.2, -0.15) is 0 Å². The largest absolute Gasteiger partial charge is 0.375 e. The average molecular weight is 152 g/mol. The summed E-state index contributed by atoms with van der Waals surface area (Å²) >= 11 is 0. The van der Waals surface area contributed by atoms with E-state index in [0.29, 0.717) is 6.16 Å². The SMILES string of the molecule is CCP(=O)(COC)OC. The Labute approximate surface area is 55.8 Å². The number of rotatable bonds is 4. The molecule has 0 N–H and O–H groups in total. The maximum Gasteiger partial charge on any atom is 0.227 e. The summed E-state index contributed by atoms with van der Waals surface area (Å²) < 4.78 is 20.7. The molecule has 1 atom stereocenters. The molecule has 0 heterocycles. The van der Waals surface area contributed by atoms with Gasteiger partial charge in [-0.25, -0.2) is 0 Å². The van der Waals surface area contributed by atoms with E-state index in [1.54, 1.807) is 0 Å². The number of hydrogen-bond acceptors (Lipinski definition) is 3. The molecule has 3 nitrogen and oxygen atoms in total. The Morgan fingerprint density at radius 3 is 2.11 bits per heavy atom. The Hall–Kier alpha value is 0.150. The van der Waals surface area contributed by atoms with Gasteiger partial charge in [0.25, 0.3) is 0 Å². The van der Waals surface area contributed by atoms with E-state index in [-0.39, 0.29) is 6.35 Å². The summed E-state index contributed by atoms with van der Waals surface area (Å²) in [4.78, 5) is 0. The summed E-state index contributed by atoms with van der Waals surface area (Å²) in [6.45, 7) is 1.82. The molecule has 0 rings (SSSR count). The molecule has 0 radical (unpaired) electrons. The monoisotopic (exact) mass is 152 g/mol. The second kappa shape index (κ2) is 4.04. The van der Waals surface area contributed by atoms with Gasteiger partial charge >= 0.3 is 0 Å². The van der Waals surface area contributed by atoms with Crippen LogP contribution in [-0.2, 0) is 13.8 Å². The molecule has 0 aromatic rings. The van der Waals surface area contributed by atoms with E-state index in [2.05, 4.69) is 0 Å². The highest BCUT2D eigenvalue weighted by molar-refractivity contribution is 7.58. The molecule has 1 unspecified atom stereocenters. The van der Waals surface area contributed by atoms with Crippen molar-refractivity contribution in [3.8, 4) is 0 Å². The van der Waals surface area contributed by atoms with Crippen molar-refractivity contribution in [3.63, 3.8) is 0 Å². The first kappa shape index (κ1) is 9.15. The fourth-order valence-electron chi connectivity index (χ4n) is 0.470. The normalized spacial score (nSPS) is 17.2. The van der Waals surface area contributed by atoms with Gasteiger partial charge in [-0.05, 0) is 0 Å². The highest BCUT2D eigenvalue weighted by atomic mass is 31.2. The fraction of sp³-hybridized carbons (Fsp3) is 1.00. The minimum atomic E-state index is -2.40. The van der Waals surface area contributed by atoms with Crippen molar-refractivity contribution >= 4 is 7.37 Å². The molecule has 0 aliphatic carbocycles. The van der Waals surface area contributed by atoms with Crippen LogP contribution in [0.25, 0.3) is 0 Å². The van der Waals surface area contributed by atoms with Crippen molar-refractivity contribution in [1.29, 1.82) is 0 Å². The molecule has 0 saturated heterocycles. The maximum atomic E-state index is 11.2. The minimum Gasteiger partial charge on any atom is -0.375 e. The van der Waals surface area contributed by atoms with Crippen LogP contribution in [0.4, 0.5) is 0 Å². The smallest absolute Gasteiger partial charge is 0.227 e. The molecule has 0 aromatic heterocycles. The Balaban J connectivity index is 3.78. The van der Waals surface area contributed by atoms with Gasteiger partial charge in [0, 0.05) is 20.4 Å². The van der Waals surface area contributed by atoms with Crippen LogP contribution in [0, 0.1) is 0 Å². The van der Waals surface area contributed by atoms with Crippen molar-refractivity contribution in [2.75, 3.05) is 26.7 Å². The Morgan fingerprint density at radius 2 is 2.00 bits per heavy atom. The molecule has 0 aromatic carbocycles. The lowest BCUT2D eigenvalue weighted by Gasteiger charge is -2.11. The topological polar surface area (TPSA) is 35.5 Å². The zero-order valence-electron chi connectivity index (χ0n) is 6.09. The first-order valence-corrected chi connectivity index (χ1v) is 4.81. The zero-order valence-corrected chi connectivity index (χ0v) is 6.98. The quantitative estimate of drug-likeness (QED) is 0.573. The Kier molecular flexibility index (Phi) is 4.11. The van der Waals surface area contributed by atoms with Crippen molar-refractivity contribution in [1.82, 2.24) is 0 Å². The van der Waals surface area contributed by atoms with Gasteiger partial charge in [0.1, 0.15) is 6.35 Å². The number of hydrogen-bond donors (Lipinski definition) is 0. The molecule has 0 amide bonds. The van der Waals surface area contributed by atoms with Gasteiger partial charge in [-0.3, -0.25) is 4.57 Å².